The third-order valence-electron chi connectivity index (χ3n) is 3.85. The Morgan fingerprint density at radius 1 is 1.45 bits per heavy atom. The van der Waals surface area contributed by atoms with Gasteiger partial charge in [-0.05, 0) is 39.3 Å². The van der Waals surface area contributed by atoms with Crippen LogP contribution in [-0.2, 0) is 16.9 Å². The van der Waals surface area contributed by atoms with Crippen LogP contribution >= 0.6 is 11.6 Å². The Morgan fingerprint density at radius 3 is 2.70 bits per heavy atom. The van der Waals surface area contributed by atoms with Gasteiger partial charge in [0.05, 0.1) is 11.4 Å². The summed E-state index contributed by atoms with van der Waals surface area (Å²) >= 11 is 6.34. The predicted octanol–water partition coefficient (Wildman–Crippen LogP) is 1.95. The van der Waals surface area contributed by atoms with Crippen molar-refractivity contribution in [3.8, 4) is 0 Å². The molecule has 0 unspecified atom stereocenters. The monoisotopic (exact) mass is 319 g/mol. The average Bonchev–Trinajstić information content (AvgIpc) is 2.84. The van der Waals surface area contributed by atoms with E-state index in [1.165, 1.54) is 6.26 Å². The van der Waals surface area contributed by atoms with Crippen LogP contribution in [0.1, 0.15) is 36.6 Å². The van der Waals surface area contributed by atoms with E-state index in [1.54, 1.807) is 4.68 Å². The van der Waals surface area contributed by atoms with Crippen molar-refractivity contribution in [2.45, 2.75) is 32.2 Å². The van der Waals surface area contributed by atoms with Crippen molar-refractivity contribution in [2.75, 3.05) is 25.1 Å². The maximum absolute atomic E-state index is 11.2. The van der Waals surface area contributed by atoms with Gasteiger partial charge in [0, 0.05) is 24.9 Å². The zero-order chi connectivity index (χ0) is 14.9. The largest absolute Gasteiger partial charge is 0.296 e. The van der Waals surface area contributed by atoms with E-state index in [0.717, 1.165) is 37.2 Å². The molecule has 1 aromatic heterocycles. The van der Waals surface area contributed by atoms with Crippen LogP contribution < -0.4 is 0 Å². The molecule has 20 heavy (non-hydrogen) atoms. The van der Waals surface area contributed by atoms with Gasteiger partial charge in [-0.3, -0.25) is 9.58 Å². The second-order valence-corrected chi connectivity index (χ2v) is 8.21. The summed E-state index contributed by atoms with van der Waals surface area (Å²) in [6.45, 7) is 3.77. The average molecular weight is 320 g/mol. The van der Waals surface area contributed by atoms with Crippen LogP contribution in [0.15, 0.2) is 0 Å². The summed E-state index contributed by atoms with van der Waals surface area (Å²) in [5, 5.41) is 5.07. The van der Waals surface area contributed by atoms with Crippen molar-refractivity contribution in [2.24, 2.45) is 7.05 Å². The highest BCUT2D eigenvalue weighted by molar-refractivity contribution is 7.90. The molecule has 114 valence electrons. The third kappa shape index (κ3) is 3.54. The summed E-state index contributed by atoms with van der Waals surface area (Å²) in [4.78, 5) is 2.33. The van der Waals surface area contributed by atoms with E-state index < -0.39 is 9.84 Å². The van der Waals surface area contributed by atoms with Gasteiger partial charge in [0.2, 0.25) is 0 Å². The molecule has 0 N–H and O–H groups in total. The number of aromatic nitrogens is 2. The van der Waals surface area contributed by atoms with E-state index in [-0.39, 0.29) is 11.8 Å². The lowest BCUT2D eigenvalue weighted by molar-refractivity contribution is 0.257. The minimum atomic E-state index is -2.88. The lowest BCUT2D eigenvalue weighted by atomic mass is 10.1. The van der Waals surface area contributed by atoms with Crippen LogP contribution in [0, 0.1) is 6.92 Å². The highest BCUT2D eigenvalue weighted by Crippen LogP contribution is 2.37. The molecular weight excluding hydrogens is 298 g/mol. The van der Waals surface area contributed by atoms with Crippen LogP contribution in [0.5, 0.6) is 0 Å². The molecule has 1 aromatic rings. The fourth-order valence-electron chi connectivity index (χ4n) is 2.98. The second kappa shape index (κ2) is 6.03. The highest BCUT2D eigenvalue weighted by atomic mass is 35.5. The fourth-order valence-corrected chi connectivity index (χ4v) is 3.93. The maximum atomic E-state index is 11.2. The zero-order valence-electron chi connectivity index (χ0n) is 12.3. The Hall–Kier alpha value is -0.590. The zero-order valence-corrected chi connectivity index (χ0v) is 13.8. The first-order valence-electron chi connectivity index (χ1n) is 6.90. The van der Waals surface area contributed by atoms with Gasteiger partial charge in [-0.25, -0.2) is 8.42 Å². The Kier molecular flexibility index (Phi) is 4.76. The van der Waals surface area contributed by atoms with E-state index in [9.17, 15) is 8.42 Å². The van der Waals surface area contributed by atoms with Gasteiger partial charge in [0.1, 0.15) is 15.0 Å². The standard InChI is InChI=1S/C13H22ClN3O2S/c1-10-12(13(14)16(2)15-10)11-6-4-7-17(11)8-5-9-20(3,18)19/h11H,4-9H2,1-3H3/t11-/m1/s1. The predicted molar refractivity (Wildman–Crippen MR) is 80.8 cm³/mol. The number of hydrogen-bond donors (Lipinski definition) is 0. The molecule has 0 radical (unpaired) electrons. The quantitative estimate of drug-likeness (QED) is 0.832. The van der Waals surface area contributed by atoms with Gasteiger partial charge < -0.3 is 0 Å². The number of halogens is 1. The van der Waals surface area contributed by atoms with Crippen molar-refractivity contribution in [1.29, 1.82) is 0 Å². The molecule has 2 rings (SSSR count). The van der Waals surface area contributed by atoms with E-state index >= 15 is 0 Å². The topological polar surface area (TPSA) is 55.2 Å². The minimum absolute atomic E-state index is 0.246. The first-order chi connectivity index (χ1) is 9.29. The molecule has 0 bridgehead atoms. The Labute approximate surface area is 125 Å². The molecule has 2 heterocycles. The maximum Gasteiger partial charge on any atom is 0.147 e. The molecule has 1 aliphatic heterocycles. The number of sulfone groups is 1. The smallest absolute Gasteiger partial charge is 0.147 e. The molecule has 0 spiro atoms. The van der Waals surface area contributed by atoms with Crippen LogP contribution in [-0.4, -0.2) is 48.2 Å². The SMILES string of the molecule is Cc1nn(C)c(Cl)c1[C@H]1CCCN1CCCS(C)(=O)=O. The molecule has 0 aliphatic carbocycles. The van der Waals surface area contributed by atoms with Crippen molar-refractivity contribution in [1.82, 2.24) is 14.7 Å². The molecule has 0 amide bonds. The van der Waals surface area contributed by atoms with E-state index in [0.29, 0.717) is 11.6 Å². The Bertz CT molecular complexity index is 583. The summed E-state index contributed by atoms with van der Waals surface area (Å²) in [7, 11) is -1.03. The number of hydrogen-bond acceptors (Lipinski definition) is 4. The minimum Gasteiger partial charge on any atom is -0.296 e. The lowest BCUT2D eigenvalue weighted by Crippen LogP contribution is -2.26. The van der Waals surface area contributed by atoms with Crippen molar-refractivity contribution < 1.29 is 8.42 Å². The highest BCUT2D eigenvalue weighted by Gasteiger charge is 2.30. The summed E-state index contributed by atoms with van der Waals surface area (Å²) in [5.74, 6) is 0.246. The molecule has 0 saturated carbocycles. The van der Waals surface area contributed by atoms with Crippen LogP contribution in [0.25, 0.3) is 0 Å². The van der Waals surface area contributed by atoms with Crippen LogP contribution in [0.3, 0.4) is 0 Å². The van der Waals surface area contributed by atoms with Gasteiger partial charge in [0.15, 0.2) is 0 Å². The molecule has 7 heteroatoms. The first-order valence-corrected chi connectivity index (χ1v) is 9.34. The molecular formula is C13H22ClN3O2S. The van der Waals surface area contributed by atoms with Crippen molar-refractivity contribution >= 4 is 21.4 Å². The third-order valence-corrected chi connectivity index (χ3v) is 5.33. The second-order valence-electron chi connectivity index (χ2n) is 5.59. The fraction of sp³-hybridized carbons (Fsp3) is 0.769. The normalized spacial score (nSPS) is 20.7. The first kappa shape index (κ1) is 15.8. The van der Waals surface area contributed by atoms with E-state index in [1.807, 2.05) is 14.0 Å². The Morgan fingerprint density at radius 2 is 2.15 bits per heavy atom. The molecule has 0 aromatic carbocycles. The van der Waals surface area contributed by atoms with Gasteiger partial charge >= 0.3 is 0 Å². The summed E-state index contributed by atoms with van der Waals surface area (Å²) in [5.41, 5.74) is 2.07. The van der Waals surface area contributed by atoms with E-state index in [2.05, 4.69) is 10.00 Å². The van der Waals surface area contributed by atoms with E-state index in [4.69, 9.17) is 11.6 Å². The summed E-state index contributed by atoms with van der Waals surface area (Å²) in [6, 6.07) is 0.274. The molecule has 1 aliphatic rings. The van der Waals surface area contributed by atoms with Gasteiger partial charge in [-0.15, -0.1) is 0 Å². The molecule has 1 saturated heterocycles. The lowest BCUT2D eigenvalue weighted by Gasteiger charge is -2.24. The van der Waals surface area contributed by atoms with Crippen molar-refractivity contribution in [3.05, 3.63) is 16.4 Å². The van der Waals surface area contributed by atoms with Crippen LogP contribution in [0.4, 0.5) is 0 Å². The number of aryl methyl sites for hydroxylation is 2. The number of rotatable bonds is 5. The van der Waals surface area contributed by atoms with Gasteiger partial charge in [-0.1, -0.05) is 11.6 Å². The van der Waals surface area contributed by atoms with Crippen molar-refractivity contribution in [3.63, 3.8) is 0 Å². The summed E-state index contributed by atoms with van der Waals surface area (Å²) < 4.78 is 24.1. The van der Waals surface area contributed by atoms with Crippen LogP contribution in [0.2, 0.25) is 5.15 Å². The Balaban J connectivity index is 2.07. The summed E-state index contributed by atoms with van der Waals surface area (Å²) in [6.07, 6.45) is 4.14. The molecule has 5 nitrogen and oxygen atoms in total. The van der Waals surface area contributed by atoms with Gasteiger partial charge in [-0.2, -0.15) is 5.10 Å². The van der Waals surface area contributed by atoms with Gasteiger partial charge in [0.25, 0.3) is 0 Å². The molecule has 1 fully saturated rings. The molecule has 1 atom stereocenters. The number of likely N-dealkylation sites (tertiary alicyclic amines) is 1. The number of nitrogens with zero attached hydrogens (tertiary/aromatic N) is 3.